The Balaban J connectivity index is 0.000000147. The van der Waals surface area contributed by atoms with Crippen molar-refractivity contribution in [1.82, 2.24) is 59.2 Å². The zero-order valence-corrected chi connectivity index (χ0v) is 38.1. The third kappa shape index (κ3) is 10.4. The number of benzene rings is 3. The standard InChI is InChI=1S/C16H16N4O3S.C15H15N5O2S.C12H10N4OS/c1-9-5-4-6-11(7-9)20-13-12(8-17-20)14(21)19-16(18-13)24-10(2)15(22)23-3;1-8-4-3-5-10(6-8)20-13-11(7-17-20)14(22)19-15(18-13)23-9(2)12(16)21;1-7-3-2-4-8(5-7)16-10-9(6-13-16)11(17)15-12(18)14-10/h4-8,10H,1-3H3,(H,18,19,21);3-7,9H,1-2H3,(H2,16,21)(H,18,19,22);2-6H,1H3,(H2,14,15,17,18). The lowest BCUT2D eigenvalue weighted by Crippen LogP contribution is -2.23. The predicted octanol–water partition coefficient (Wildman–Crippen LogP) is 5.53. The van der Waals surface area contributed by atoms with Crippen LogP contribution in [-0.2, 0) is 14.3 Å². The number of aromatic nitrogens is 12. The molecule has 2 unspecified atom stereocenters. The van der Waals surface area contributed by atoms with Crippen molar-refractivity contribution < 1.29 is 14.3 Å². The van der Waals surface area contributed by atoms with E-state index in [9.17, 15) is 24.0 Å². The number of carbonyl (C=O) groups excluding carboxylic acids is 2. The first-order valence-corrected chi connectivity index (χ1v) is 21.8. The molecule has 332 valence electrons. The molecular weight excluding hydrogens is 891 g/mol. The first kappa shape index (κ1) is 45.6. The third-order valence-electron chi connectivity index (χ3n) is 9.55. The van der Waals surface area contributed by atoms with Gasteiger partial charge in [-0.1, -0.05) is 59.9 Å². The van der Waals surface area contributed by atoms with Gasteiger partial charge < -0.3 is 25.4 Å². The Morgan fingerprint density at radius 3 is 1.49 bits per heavy atom. The number of rotatable bonds is 9. The molecule has 0 aliphatic rings. The summed E-state index contributed by atoms with van der Waals surface area (Å²) in [6, 6.07) is 23.4. The number of fused-ring (bicyclic) bond motifs is 3. The first-order chi connectivity index (χ1) is 31.1. The molecule has 0 spiro atoms. The van der Waals surface area contributed by atoms with E-state index < -0.39 is 16.4 Å². The number of hydrogen-bond acceptors (Lipinski definition) is 14. The normalized spacial score (nSPS) is 12.0. The van der Waals surface area contributed by atoms with E-state index in [1.165, 1.54) is 25.7 Å². The van der Waals surface area contributed by atoms with Crippen LogP contribution in [0.4, 0.5) is 0 Å². The smallest absolute Gasteiger partial charge is 0.318 e. The molecule has 3 aromatic carbocycles. The molecule has 9 aromatic rings. The minimum atomic E-state index is -0.494. The molecular formula is C43H41N13O6S3. The maximum absolute atomic E-state index is 12.3. The van der Waals surface area contributed by atoms with E-state index in [2.05, 4.69) is 45.2 Å². The van der Waals surface area contributed by atoms with Crippen molar-refractivity contribution in [2.45, 2.75) is 55.4 Å². The van der Waals surface area contributed by atoms with Crippen LogP contribution in [0.25, 0.3) is 50.2 Å². The monoisotopic (exact) mass is 931 g/mol. The predicted molar refractivity (Wildman–Crippen MR) is 252 cm³/mol. The fourth-order valence-corrected chi connectivity index (χ4v) is 8.06. The van der Waals surface area contributed by atoms with Crippen LogP contribution >= 0.6 is 35.7 Å². The SMILES string of the molecule is COC(=O)C(C)Sc1nc2c(cnn2-c2cccc(C)c2)c(=O)[nH]1.Cc1cccc(-n2ncc3c(=O)[nH]c(=S)[nH]c32)c1.Cc1cccc(-n2ncc3c(=O)[nH]c(SC(C)C(N)=O)nc32)c1. The van der Waals surface area contributed by atoms with E-state index in [1.54, 1.807) is 27.9 Å². The van der Waals surface area contributed by atoms with Crippen molar-refractivity contribution in [3.8, 4) is 17.1 Å². The van der Waals surface area contributed by atoms with Crippen molar-refractivity contribution in [1.29, 1.82) is 0 Å². The van der Waals surface area contributed by atoms with E-state index in [1.807, 2.05) is 93.6 Å². The molecule has 0 bridgehead atoms. The van der Waals surface area contributed by atoms with E-state index in [0.29, 0.717) is 48.2 Å². The van der Waals surface area contributed by atoms with Crippen LogP contribution in [0.2, 0.25) is 0 Å². The van der Waals surface area contributed by atoms with Crippen molar-refractivity contribution in [2.75, 3.05) is 7.11 Å². The van der Waals surface area contributed by atoms with Crippen LogP contribution in [0.5, 0.6) is 0 Å². The number of hydrogen-bond donors (Lipinski definition) is 5. The summed E-state index contributed by atoms with van der Waals surface area (Å²) in [6.45, 7) is 9.32. The van der Waals surface area contributed by atoms with Crippen molar-refractivity contribution >= 4 is 80.7 Å². The molecule has 19 nitrogen and oxygen atoms in total. The summed E-state index contributed by atoms with van der Waals surface area (Å²) in [7, 11) is 1.32. The Hall–Kier alpha value is -7.43. The molecule has 2 atom stereocenters. The number of carbonyl (C=O) groups is 2. The van der Waals surface area contributed by atoms with Gasteiger partial charge in [0.2, 0.25) is 5.91 Å². The lowest BCUT2D eigenvalue weighted by Gasteiger charge is -2.08. The highest BCUT2D eigenvalue weighted by molar-refractivity contribution is 8.00. The highest BCUT2D eigenvalue weighted by Crippen LogP contribution is 2.24. The number of amides is 1. The molecule has 9 rings (SSSR count). The van der Waals surface area contributed by atoms with Gasteiger partial charge in [0, 0.05) is 0 Å². The molecule has 1 amide bonds. The Bertz CT molecular complexity index is 3480. The number of nitrogens with zero attached hydrogens (tertiary/aromatic N) is 8. The molecule has 6 aromatic heterocycles. The molecule has 0 saturated carbocycles. The van der Waals surface area contributed by atoms with Gasteiger partial charge in [-0.05, 0) is 99.9 Å². The zero-order chi connectivity index (χ0) is 46.5. The number of methoxy groups -OCH3 is 1. The van der Waals surface area contributed by atoms with Crippen LogP contribution in [0.1, 0.15) is 30.5 Å². The van der Waals surface area contributed by atoms with E-state index in [-0.39, 0.29) is 22.6 Å². The maximum Gasteiger partial charge on any atom is 0.318 e. The summed E-state index contributed by atoms with van der Waals surface area (Å²) in [6.07, 6.45) is 4.50. The molecule has 65 heavy (non-hydrogen) atoms. The first-order valence-electron chi connectivity index (χ1n) is 19.7. The van der Waals surface area contributed by atoms with Gasteiger partial charge in [0.15, 0.2) is 26.4 Å². The zero-order valence-electron chi connectivity index (χ0n) is 35.6. The van der Waals surface area contributed by atoms with Crippen molar-refractivity contribution in [2.24, 2.45) is 5.73 Å². The van der Waals surface area contributed by atoms with Crippen LogP contribution in [0.3, 0.4) is 0 Å². The summed E-state index contributed by atoms with van der Waals surface area (Å²) in [5, 5.41) is 13.7. The minimum Gasteiger partial charge on any atom is -0.468 e. The van der Waals surface area contributed by atoms with E-state index in [0.717, 1.165) is 57.3 Å². The fourth-order valence-electron chi connectivity index (χ4n) is 6.31. The Labute approximate surface area is 381 Å². The molecule has 0 saturated heterocycles. The van der Waals surface area contributed by atoms with Gasteiger partial charge in [0.25, 0.3) is 16.7 Å². The number of thioether (sulfide) groups is 2. The average Bonchev–Trinajstić information content (AvgIpc) is 4.02. The number of ether oxygens (including phenoxy) is 1. The number of esters is 1. The molecule has 0 aliphatic carbocycles. The molecule has 0 fully saturated rings. The summed E-state index contributed by atoms with van der Waals surface area (Å²) in [5.74, 6) is -0.847. The second-order valence-electron chi connectivity index (χ2n) is 14.5. The number of nitrogens with one attached hydrogen (secondary N) is 4. The Morgan fingerprint density at radius 2 is 1.05 bits per heavy atom. The lowest BCUT2D eigenvalue weighted by atomic mass is 10.2. The van der Waals surface area contributed by atoms with Gasteiger partial charge in [-0.25, -0.2) is 24.0 Å². The topological polar surface area (TPSA) is 263 Å². The van der Waals surface area contributed by atoms with Gasteiger partial charge in [0.05, 0.1) is 48.0 Å². The molecule has 6 heterocycles. The third-order valence-corrected chi connectivity index (χ3v) is 11.7. The second kappa shape index (κ2) is 19.5. The van der Waals surface area contributed by atoms with Crippen LogP contribution < -0.4 is 22.4 Å². The largest absolute Gasteiger partial charge is 0.468 e. The van der Waals surface area contributed by atoms with Crippen LogP contribution in [0.15, 0.2) is 116 Å². The van der Waals surface area contributed by atoms with Crippen LogP contribution in [-0.4, -0.2) is 88.7 Å². The summed E-state index contributed by atoms with van der Waals surface area (Å²) in [5.41, 5.74) is 11.7. The van der Waals surface area contributed by atoms with Crippen LogP contribution in [0, 0.1) is 25.5 Å². The Kier molecular flexibility index (Phi) is 13.7. The Morgan fingerprint density at radius 1 is 0.631 bits per heavy atom. The van der Waals surface area contributed by atoms with Crippen molar-refractivity contribution in [3.05, 3.63) is 144 Å². The number of aromatic amines is 4. The number of primary amides is 1. The number of H-pyrrole nitrogens is 4. The number of aryl methyl sites for hydroxylation is 3. The quantitative estimate of drug-likeness (QED) is 0.0516. The minimum absolute atomic E-state index is 0.229. The fraction of sp³-hybridized carbons (Fsp3) is 0.186. The molecule has 0 aliphatic heterocycles. The molecule has 22 heteroatoms. The van der Waals surface area contributed by atoms with Gasteiger partial charge in [-0.2, -0.15) is 15.3 Å². The summed E-state index contributed by atoms with van der Waals surface area (Å²) in [4.78, 5) is 78.6. The second-order valence-corrected chi connectivity index (χ2v) is 17.6. The maximum atomic E-state index is 12.3. The highest BCUT2D eigenvalue weighted by atomic mass is 32.2. The highest BCUT2D eigenvalue weighted by Gasteiger charge is 2.19. The van der Waals surface area contributed by atoms with E-state index in [4.69, 9.17) is 22.7 Å². The number of nitrogens with two attached hydrogens (primary N) is 1. The average molecular weight is 932 g/mol. The summed E-state index contributed by atoms with van der Waals surface area (Å²) < 4.78 is 9.89. The lowest BCUT2D eigenvalue weighted by molar-refractivity contribution is -0.139. The van der Waals surface area contributed by atoms with Gasteiger partial charge in [-0.15, -0.1) is 0 Å². The molecule has 0 radical (unpaired) electrons. The molecule has 6 N–H and O–H groups in total. The van der Waals surface area contributed by atoms with Gasteiger partial charge in [0.1, 0.15) is 27.1 Å². The van der Waals surface area contributed by atoms with Crippen molar-refractivity contribution in [3.63, 3.8) is 0 Å². The van der Waals surface area contributed by atoms with E-state index >= 15 is 0 Å². The van der Waals surface area contributed by atoms with Gasteiger partial charge in [-0.3, -0.25) is 29.0 Å². The summed E-state index contributed by atoms with van der Waals surface area (Å²) >= 11 is 7.22. The van der Waals surface area contributed by atoms with Gasteiger partial charge >= 0.3 is 5.97 Å².